The van der Waals surface area contributed by atoms with Gasteiger partial charge in [-0.2, -0.15) is 5.10 Å². The summed E-state index contributed by atoms with van der Waals surface area (Å²) in [5.74, 6) is 1.45. The van der Waals surface area contributed by atoms with Crippen LogP contribution in [0.2, 0.25) is 0 Å². The van der Waals surface area contributed by atoms with Crippen LogP contribution in [0, 0.1) is 6.92 Å². The van der Waals surface area contributed by atoms with Crippen molar-refractivity contribution >= 4 is 5.91 Å². The Balaban J connectivity index is 1.55. The number of carbonyl (C=O) groups excluding carboxylic acids is 1. The number of nitrogens with zero attached hydrogens (tertiary/aromatic N) is 5. The molecule has 1 fully saturated rings. The van der Waals surface area contributed by atoms with Crippen LogP contribution in [0.25, 0.3) is 0 Å². The second kappa shape index (κ2) is 6.95. The summed E-state index contributed by atoms with van der Waals surface area (Å²) >= 11 is 0. The number of aromatic nitrogens is 3. The van der Waals surface area contributed by atoms with E-state index in [4.69, 9.17) is 4.42 Å². The van der Waals surface area contributed by atoms with E-state index in [0.29, 0.717) is 12.4 Å². The molecule has 2 aromatic rings. The van der Waals surface area contributed by atoms with Crippen molar-refractivity contribution < 1.29 is 9.21 Å². The van der Waals surface area contributed by atoms with E-state index >= 15 is 0 Å². The molecule has 7 heteroatoms. The predicted octanol–water partition coefficient (Wildman–Crippen LogP) is 1.30. The normalized spacial score (nSPS) is 18.4. The van der Waals surface area contributed by atoms with Gasteiger partial charge in [-0.25, -0.2) is 4.98 Å². The van der Waals surface area contributed by atoms with Crippen LogP contribution in [0.5, 0.6) is 0 Å². The van der Waals surface area contributed by atoms with Gasteiger partial charge in [-0.1, -0.05) is 0 Å². The zero-order valence-electron chi connectivity index (χ0n) is 13.7. The molecule has 1 atom stereocenters. The maximum atomic E-state index is 12.0. The summed E-state index contributed by atoms with van der Waals surface area (Å²) in [5.41, 5.74) is 0. The second-order valence-corrected chi connectivity index (χ2v) is 6.02. The van der Waals surface area contributed by atoms with Gasteiger partial charge in [0.1, 0.15) is 5.76 Å². The number of hydrogen-bond donors (Lipinski definition) is 0. The van der Waals surface area contributed by atoms with Crippen molar-refractivity contribution in [2.45, 2.75) is 39.4 Å². The second-order valence-electron chi connectivity index (χ2n) is 6.02. The van der Waals surface area contributed by atoms with Crippen molar-refractivity contribution in [1.82, 2.24) is 24.6 Å². The minimum atomic E-state index is 0.0692. The van der Waals surface area contributed by atoms with E-state index in [1.807, 2.05) is 28.8 Å². The first-order valence-electron chi connectivity index (χ1n) is 8.00. The number of carbonyl (C=O) groups is 1. The number of aryl methyl sites for hydroxylation is 1. The highest BCUT2D eigenvalue weighted by Crippen LogP contribution is 2.18. The van der Waals surface area contributed by atoms with Gasteiger partial charge in [-0.05, 0) is 19.4 Å². The number of amides is 1. The summed E-state index contributed by atoms with van der Waals surface area (Å²) in [6.45, 7) is 7.63. The molecular weight excluding hydrogens is 294 g/mol. The molecule has 1 amide bonds. The van der Waals surface area contributed by atoms with Crippen LogP contribution in [-0.2, 0) is 17.9 Å². The molecule has 1 aliphatic rings. The molecular formula is C16H23N5O2. The molecule has 0 bridgehead atoms. The highest BCUT2D eigenvalue weighted by Gasteiger charge is 2.30. The Hall–Kier alpha value is -2.15. The van der Waals surface area contributed by atoms with E-state index in [2.05, 4.69) is 15.0 Å². The molecule has 3 rings (SSSR count). The average Bonchev–Trinajstić information content (AvgIpc) is 3.24. The predicted molar refractivity (Wildman–Crippen MR) is 84.5 cm³/mol. The fourth-order valence-electron chi connectivity index (χ4n) is 3.06. The highest BCUT2D eigenvalue weighted by atomic mass is 16.4. The van der Waals surface area contributed by atoms with Crippen LogP contribution in [0.3, 0.4) is 0 Å². The lowest BCUT2D eigenvalue weighted by atomic mass is 10.2. The van der Waals surface area contributed by atoms with Gasteiger partial charge in [-0.3, -0.25) is 14.4 Å². The zero-order chi connectivity index (χ0) is 16.2. The Bertz CT molecular complexity index is 637. The first-order valence-corrected chi connectivity index (χ1v) is 8.00. The maximum Gasteiger partial charge on any atom is 0.220 e. The summed E-state index contributed by atoms with van der Waals surface area (Å²) in [4.78, 5) is 20.5. The molecule has 23 heavy (non-hydrogen) atoms. The third-order valence-corrected chi connectivity index (χ3v) is 4.27. The Labute approximate surface area is 135 Å². The fourth-order valence-corrected chi connectivity index (χ4v) is 3.06. The van der Waals surface area contributed by atoms with E-state index in [0.717, 1.165) is 38.4 Å². The maximum absolute atomic E-state index is 12.0. The Morgan fingerprint density at radius 2 is 2.35 bits per heavy atom. The lowest BCUT2D eigenvalue weighted by molar-refractivity contribution is -0.132. The van der Waals surface area contributed by atoms with Crippen molar-refractivity contribution in [2.75, 3.05) is 19.6 Å². The molecule has 2 aromatic heterocycles. The van der Waals surface area contributed by atoms with Crippen LogP contribution in [0.1, 0.15) is 25.0 Å². The van der Waals surface area contributed by atoms with E-state index in [-0.39, 0.29) is 11.9 Å². The minimum Gasteiger partial charge on any atom is -0.444 e. The molecule has 0 saturated carbocycles. The van der Waals surface area contributed by atoms with Crippen molar-refractivity contribution in [3.8, 4) is 0 Å². The van der Waals surface area contributed by atoms with Crippen LogP contribution in [0.15, 0.2) is 29.1 Å². The van der Waals surface area contributed by atoms with Crippen molar-refractivity contribution in [3.05, 3.63) is 36.3 Å². The molecule has 0 N–H and O–H groups in total. The third-order valence-electron chi connectivity index (χ3n) is 4.27. The van der Waals surface area contributed by atoms with Gasteiger partial charge in [-0.15, -0.1) is 0 Å². The summed E-state index contributed by atoms with van der Waals surface area (Å²) in [5, 5.41) is 4.22. The average molecular weight is 317 g/mol. The smallest absolute Gasteiger partial charge is 0.220 e. The molecule has 0 unspecified atom stereocenters. The minimum absolute atomic E-state index is 0.0692. The molecule has 0 aromatic carbocycles. The molecule has 1 saturated heterocycles. The monoisotopic (exact) mass is 317 g/mol. The van der Waals surface area contributed by atoms with E-state index in [1.165, 1.54) is 0 Å². The van der Waals surface area contributed by atoms with Crippen LogP contribution in [-0.4, -0.2) is 56.1 Å². The standard InChI is InChI=1S/C16H23N5O2/c1-13-10-17-16(23-13)12-21(14(2)22)15-4-7-19(11-15)8-9-20-6-3-5-18-20/h3,5-6,10,15H,4,7-9,11-12H2,1-2H3/t15-/m0/s1. The lowest BCUT2D eigenvalue weighted by Gasteiger charge is -2.27. The van der Waals surface area contributed by atoms with E-state index in [1.54, 1.807) is 19.3 Å². The van der Waals surface area contributed by atoms with E-state index < -0.39 is 0 Å². The van der Waals surface area contributed by atoms with Gasteiger partial charge >= 0.3 is 0 Å². The molecule has 3 heterocycles. The molecule has 7 nitrogen and oxygen atoms in total. The van der Waals surface area contributed by atoms with Crippen LogP contribution >= 0.6 is 0 Å². The summed E-state index contributed by atoms with van der Waals surface area (Å²) in [6.07, 6.45) is 6.44. The number of oxazole rings is 1. The van der Waals surface area contributed by atoms with Crippen LogP contribution < -0.4 is 0 Å². The lowest BCUT2D eigenvalue weighted by Crippen LogP contribution is -2.40. The summed E-state index contributed by atoms with van der Waals surface area (Å²) in [6, 6.07) is 2.15. The van der Waals surface area contributed by atoms with E-state index in [9.17, 15) is 4.79 Å². The Morgan fingerprint density at radius 1 is 1.48 bits per heavy atom. The summed E-state index contributed by atoms with van der Waals surface area (Å²) in [7, 11) is 0. The van der Waals surface area contributed by atoms with Crippen LogP contribution in [0.4, 0.5) is 0 Å². The van der Waals surface area contributed by atoms with Gasteiger partial charge in [0.25, 0.3) is 0 Å². The Morgan fingerprint density at radius 3 is 3.00 bits per heavy atom. The molecule has 0 radical (unpaired) electrons. The van der Waals surface area contributed by atoms with Gasteiger partial charge in [0.2, 0.25) is 11.8 Å². The zero-order valence-corrected chi connectivity index (χ0v) is 13.7. The van der Waals surface area contributed by atoms with Crippen molar-refractivity contribution in [3.63, 3.8) is 0 Å². The first-order chi connectivity index (χ1) is 11.1. The topological polar surface area (TPSA) is 67.4 Å². The van der Waals surface area contributed by atoms with Gasteiger partial charge < -0.3 is 9.32 Å². The number of likely N-dealkylation sites (tertiary alicyclic amines) is 1. The van der Waals surface area contributed by atoms with Gasteiger partial charge in [0.15, 0.2) is 0 Å². The molecule has 0 spiro atoms. The molecule has 0 aliphatic carbocycles. The van der Waals surface area contributed by atoms with Crippen molar-refractivity contribution in [1.29, 1.82) is 0 Å². The quantitative estimate of drug-likeness (QED) is 0.803. The fraction of sp³-hybridized carbons (Fsp3) is 0.562. The van der Waals surface area contributed by atoms with Crippen molar-refractivity contribution in [2.24, 2.45) is 0 Å². The first kappa shape index (κ1) is 15.7. The van der Waals surface area contributed by atoms with Gasteiger partial charge in [0.05, 0.1) is 19.3 Å². The van der Waals surface area contributed by atoms with Gasteiger partial charge in [0, 0.05) is 45.0 Å². The number of rotatable bonds is 6. The molecule has 1 aliphatic heterocycles. The highest BCUT2D eigenvalue weighted by molar-refractivity contribution is 5.73. The Kier molecular flexibility index (Phi) is 4.76. The number of hydrogen-bond acceptors (Lipinski definition) is 5. The summed E-state index contributed by atoms with van der Waals surface area (Å²) < 4.78 is 7.45. The molecule has 124 valence electrons. The third kappa shape index (κ3) is 3.98. The largest absolute Gasteiger partial charge is 0.444 e. The SMILES string of the molecule is CC(=O)N(Cc1ncc(C)o1)[C@H]1CCN(CCn2cccn2)C1.